The zero-order valence-corrected chi connectivity index (χ0v) is 19.1. The van der Waals surface area contributed by atoms with Crippen LogP contribution in [0.15, 0.2) is 0 Å². The van der Waals surface area contributed by atoms with Crippen LogP contribution in [0.1, 0.15) is 77.6 Å². The van der Waals surface area contributed by atoms with E-state index in [2.05, 4.69) is 35.8 Å². The van der Waals surface area contributed by atoms with Crippen LogP contribution in [0.25, 0.3) is 0 Å². The van der Waals surface area contributed by atoms with Gasteiger partial charge in [-0.1, -0.05) is 6.42 Å². The van der Waals surface area contributed by atoms with Gasteiger partial charge in [0.15, 0.2) is 0 Å². The third-order valence-electron chi connectivity index (χ3n) is 9.85. The standard InChI is InChI=1S/C24H37NOS2/c1-15(23-12-16-7-17(13-23)9-18(8-16)14-23)25-22(26)19-10-20-3-2-4-21(11-19)24(20)27-5-6-28-24/h15-21H,2-14H2,1H3,(H,25,26)/t15-,16?,17?,18?,19?,20-,21+,23?/m1/s1. The molecular weight excluding hydrogens is 382 g/mol. The Morgan fingerprint density at radius 3 is 1.96 bits per heavy atom. The van der Waals surface area contributed by atoms with Gasteiger partial charge in [0.1, 0.15) is 0 Å². The Morgan fingerprint density at radius 2 is 1.43 bits per heavy atom. The summed E-state index contributed by atoms with van der Waals surface area (Å²) in [7, 11) is 0. The molecule has 7 fully saturated rings. The van der Waals surface area contributed by atoms with Crippen molar-refractivity contribution in [3.8, 4) is 0 Å². The highest BCUT2D eigenvalue weighted by Crippen LogP contribution is 2.64. The number of hydrogen-bond acceptors (Lipinski definition) is 3. The maximum atomic E-state index is 13.4. The third kappa shape index (κ3) is 2.86. The van der Waals surface area contributed by atoms with Gasteiger partial charge < -0.3 is 5.32 Å². The molecular formula is C24H37NOS2. The fourth-order valence-corrected chi connectivity index (χ4v) is 13.0. The van der Waals surface area contributed by atoms with E-state index in [9.17, 15) is 4.79 Å². The SMILES string of the molecule is C[C@@H](NC(=O)C1C[C@H]2CCC[C@@H](C1)C21SCCS1)C12CC3CC(CC(C3)C1)C2. The van der Waals surface area contributed by atoms with Crippen LogP contribution in [-0.2, 0) is 4.79 Å². The number of carbonyl (C=O) groups excluding carboxylic acids is 1. The van der Waals surface area contributed by atoms with Crippen LogP contribution >= 0.6 is 23.5 Å². The summed E-state index contributed by atoms with van der Waals surface area (Å²) in [4.78, 5) is 13.4. The molecule has 7 aliphatic rings. The summed E-state index contributed by atoms with van der Waals surface area (Å²) in [5, 5.41) is 3.62. The van der Waals surface area contributed by atoms with Gasteiger partial charge in [-0.15, -0.1) is 23.5 Å². The van der Waals surface area contributed by atoms with Crippen LogP contribution in [0.3, 0.4) is 0 Å². The van der Waals surface area contributed by atoms with Crippen molar-refractivity contribution in [3.63, 3.8) is 0 Å². The summed E-state index contributed by atoms with van der Waals surface area (Å²) in [6, 6.07) is 0.388. The van der Waals surface area contributed by atoms with Gasteiger partial charge in [0, 0.05) is 23.5 Å². The number of amides is 1. The number of rotatable bonds is 3. The van der Waals surface area contributed by atoms with E-state index in [0.717, 1.165) is 42.4 Å². The summed E-state index contributed by atoms with van der Waals surface area (Å²) in [6.45, 7) is 2.36. The third-order valence-corrected chi connectivity index (χ3v) is 13.9. The van der Waals surface area contributed by atoms with E-state index in [1.807, 2.05) is 0 Å². The summed E-state index contributed by atoms with van der Waals surface area (Å²) in [6.07, 6.45) is 15.1. The molecule has 1 spiro atoms. The van der Waals surface area contributed by atoms with Crippen molar-refractivity contribution in [1.29, 1.82) is 0 Å². The first-order valence-corrected chi connectivity index (χ1v) is 14.1. The van der Waals surface area contributed by atoms with Crippen LogP contribution in [0.5, 0.6) is 0 Å². The van der Waals surface area contributed by atoms with Crippen molar-refractivity contribution in [3.05, 3.63) is 0 Å². The molecule has 0 radical (unpaired) electrons. The molecule has 0 aromatic heterocycles. The predicted molar refractivity (Wildman–Crippen MR) is 119 cm³/mol. The molecule has 1 N–H and O–H groups in total. The van der Waals surface area contributed by atoms with Gasteiger partial charge in [-0.25, -0.2) is 0 Å². The lowest BCUT2D eigenvalue weighted by molar-refractivity contribution is -0.132. The number of carbonyl (C=O) groups is 1. The average Bonchev–Trinajstić information content (AvgIpc) is 3.10. The highest BCUT2D eigenvalue weighted by Gasteiger charge is 2.56. The highest BCUT2D eigenvalue weighted by atomic mass is 32.2. The average molecular weight is 420 g/mol. The first kappa shape index (κ1) is 18.9. The number of hydrogen-bond donors (Lipinski definition) is 1. The molecule has 156 valence electrons. The van der Waals surface area contributed by atoms with E-state index in [-0.39, 0.29) is 0 Å². The molecule has 28 heavy (non-hydrogen) atoms. The van der Waals surface area contributed by atoms with Crippen molar-refractivity contribution >= 4 is 29.4 Å². The van der Waals surface area contributed by atoms with Gasteiger partial charge in [0.25, 0.3) is 0 Å². The van der Waals surface area contributed by atoms with Gasteiger partial charge >= 0.3 is 0 Å². The molecule has 2 nitrogen and oxygen atoms in total. The van der Waals surface area contributed by atoms with E-state index in [1.54, 1.807) is 0 Å². The largest absolute Gasteiger partial charge is 0.353 e. The summed E-state index contributed by atoms with van der Waals surface area (Å²) >= 11 is 4.51. The molecule has 1 saturated heterocycles. The number of thioether (sulfide) groups is 2. The van der Waals surface area contributed by atoms with Gasteiger partial charge in [0.2, 0.25) is 5.91 Å². The molecule has 0 aromatic rings. The molecule has 6 aliphatic carbocycles. The molecule has 4 atom stereocenters. The van der Waals surface area contributed by atoms with Gasteiger partial charge in [-0.3, -0.25) is 4.79 Å². The Hall–Kier alpha value is 0.170. The molecule has 1 heterocycles. The second kappa shape index (κ2) is 6.84. The fraction of sp³-hybridized carbons (Fsp3) is 0.958. The van der Waals surface area contributed by atoms with Crippen LogP contribution in [0.4, 0.5) is 0 Å². The monoisotopic (exact) mass is 419 g/mol. The molecule has 1 aliphatic heterocycles. The maximum absolute atomic E-state index is 13.4. The van der Waals surface area contributed by atoms with Crippen LogP contribution in [-0.4, -0.2) is 27.5 Å². The first-order chi connectivity index (χ1) is 13.6. The second-order valence-corrected chi connectivity index (χ2v) is 14.4. The van der Waals surface area contributed by atoms with Crippen LogP contribution < -0.4 is 5.32 Å². The lowest BCUT2D eigenvalue weighted by Gasteiger charge is -2.59. The molecule has 0 aromatic carbocycles. The van der Waals surface area contributed by atoms with E-state index >= 15 is 0 Å². The minimum atomic E-state index is 0.291. The molecule has 7 rings (SSSR count). The van der Waals surface area contributed by atoms with Crippen molar-refractivity contribution in [2.75, 3.05) is 11.5 Å². The van der Waals surface area contributed by atoms with E-state index < -0.39 is 0 Å². The van der Waals surface area contributed by atoms with E-state index in [0.29, 0.717) is 27.4 Å². The Labute approximate surface area is 179 Å². The second-order valence-electron chi connectivity index (χ2n) is 11.4. The quantitative estimate of drug-likeness (QED) is 0.635. The van der Waals surface area contributed by atoms with Crippen molar-refractivity contribution in [2.24, 2.45) is 40.9 Å². The molecule has 1 amide bonds. The summed E-state index contributed by atoms with van der Waals surface area (Å²) in [5.74, 6) is 7.84. The summed E-state index contributed by atoms with van der Waals surface area (Å²) in [5.41, 5.74) is 0.438. The minimum absolute atomic E-state index is 0.291. The van der Waals surface area contributed by atoms with Gasteiger partial charge in [0.05, 0.1) is 4.08 Å². The number of nitrogens with one attached hydrogen (secondary N) is 1. The first-order valence-electron chi connectivity index (χ1n) is 12.1. The normalized spacial score (nSPS) is 49.3. The Balaban J connectivity index is 1.14. The lowest BCUT2D eigenvalue weighted by atomic mass is 9.48. The zero-order valence-electron chi connectivity index (χ0n) is 17.5. The smallest absolute Gasteiger partial charge is 0.223 e. The topological polar surface area (TPSA) is 29.1 Å². The lowest BCUT2D eigenvalue weighted by Crippen LogP contribution is -2.57. The van der Waals surface area contributed by atoms with E-state index in [4.69, 9.17) is 0 Å². The Kier molecular flexibility index (Phi) is 4.62. The molecule has 6 bridgehead atoms. The summed E-state index contributed by atoms with van der Waals surface area (Å²) < 4.78 is 0.487. The molecule has 6 saturated carbocycles. The van der Waals surface area contributed by atoms with Crippen molar-refractivity contribution < 1.29 is 4.79 Å². The zero-order chi connectivity index (χ0) is 18.9. The predicted octanol–water partition coefficient (Wildman–Crippen LogP) is 5.71. The van der Waals surface area contributed by atoms with Crippen molar-refractivity contribution in [2.45, 2.75) is 87.7 Å². The molecule has 1 unspecified atom stereocenters. The van der Waals surface area contributed by atoms with Crippen LogP contribution in [0.2, 0.25) is 0 Å². The maximum Gasteiger partial charge on any atom is 0.223 e. The van der Waals surface area contributed by atoms with Crippen molar-refractivity contribution in [1.82, 2.24) is 5.32 Å². The van der Waals surface area contributed by atoms with Gasteiger partial charge in [-0.2, -0.15) is 0 Å². The molecule has 4 heteroatoms. The Morgan fingerprint density at radius 1 is 0.893 bits per heavy atom. The highest BCUT2D eigenvalue weighted by molar-refractivity contribution is 8.21. The van der Waals surface area contributed by atoms with Crippen LogP contribution in [0, 0.1) is 40.9 Å². The fourth-order valence-electron chi connectivity index (χ4n) is 9.02. The van der Waals surface area contributed by atoms with Gasteiger partial charge in [-0.05, 0) is 106 Å². The van der Waals surface area contributed by atoms with E-state index in [1.165, 1.54) is 69.3 Å². The minimum Gasteiger partial charge on any atom is -0.353 e. The Bertz CT molecular complexity index is 591.